The molecule has 1 aliphatic heterocycles. The predicted octanol–water partition coefficient (Wildman–Crippen LogP) is 2.09. The van der Waals surface area contributed by atoms with Crippen molar-refractivity contribution in [3.63, 3.8) is 0 Å². The molecule has 0 N–H and O–H groups in total. The van der Waals surface area contributed by atoms with Gasteiger partial charge < -0.3 is 14.0 Å². The molecule has 0 radical (unpaired) electrons. The Morgan fingerprint density at radius 3 is 2.36 bits per heavy atom. The van der Waals surface area contributed by atoms with Crippen LogP contribution in [0.2, 0.25) is 0 Å². The van der Waals surface area contributed by atoms with E-state index in [0.717, 1.165) is 0 Å². The summed E-state index contributed by atoms with van der Waals surface area (Å²) < 4.78 is 43.0. The molecule has 28 heavy (non-hydrogen) atoms. The number of ether oxygens (including phenoxy) is 2. The van der Waals surface area contributed by atoms with Crippen LogP contribution in [0.1, 0.15) is 48.9 Å². The Morgan fingerprint density at radius 1 is 1.21 bits per heavy atom. The van der Waals surface area contributed by atoms with E-state index in [-0.39, 0.29) is 41.6 Å². The molecule has 1 aliphatic rings. The van der Waals surface area contributed by atoms with Gasteiger partial charge in [-0.25, -0.2) is 13.2 Å². The Bertz CT molecular complexity index is 930. The smallest absolute Gasteiger partial charge is 0.338 e. The molecule has 1 aromatic heterocycles. The van der Waals surface area contributed by atoms with E-state index in [1.54, 1.807) is 13.8 Å². The zero-order chi connectivity index (χ0) is 20.5. The second kappa shape index (κ2) is 7.98. The predicted molar refractivity (Wildman–Crippen MR) is 98.1 cm³/mol. The van der Waals surface area contributed by atoms with Crippen molar-refractivity contribution in [1.29, 1.82) is 0 Å². The molecule has 0 saturated carbocycles. The molecule has 0 amide bonds. The lowest BCUT2D eigenvalue weighted by atomic mass is 10.2. The average molecular weight is 409 g/mol. The van der Waals surface area contributed by atoms with E-state index in [4.69, 9.17) is 14.0 Å². The normalized spacial score (nSPS) is 22.0. The second-order valence-electron chi connectivity index (χ2n) is 6.83. The van der Waals surface area contributed by atoms with Gasteiger partial charge in [-0.05, 0) is 52.0 Å². The molecule has 9 nitrogen and oxygen atoms in total. The molecular formula is C18H23N3O6S. The van der Waals surface area contributed by atoms with Gasteiger partial charge in [0, 0.05) is 13.1 Å². The van der Waals surface area contributed by atoms with E-state index in [1.807, 2.05) is 13.8 Å². The van der Waals surface area contributed by atoms with Gasteiger partial charge >= 0.3 is 5.97 Å². The fourth-order valence-electron chi connectivity index (χ4n) is 3.00. The minimum atomic E-state index is -3.67. The van der Waals surface area contributed by atoms with Crippen LogP contribution in [0.3, 0.4) is 0 Å². The number of nitrogens with zero attached hydrogens (tertiary/aromatic N) is 3. The van der Waals surface area contributed by atoms with Gasteiger partial charge in [0.15, 0.2) is 11.9 Å². The summed E-state index contributed by atoms with van der Waals surface area (Å²) in [6.45, 7) is 7.53. The standard InChI is InChI=1S/C18H23N3O6S/c1-11-9-21(10-12(2)25-11)28(23,24)16-7-5-15(6-8-16)18(22)26-13(3)17-19-14(4)20-27-17/h5-8,11-13H,9-10H2,1-4H3. The molecule has 1 aromatic carbocycles. The van der Waals surface area contributed by atoms with Crippen molar-refractivity contribution in [3.05, 3.63) is 41.5 Å². The first-order valence-corrected chi connectivity index (χ1v) is 10.4. The molecule has 2 aromatic rings. The number of hydrogen-bond donors (Lipinski definition) is 0. The van der Waals surface area contributed by atoms with Crippen molar-refractivity contribution < 1.29 is 27.2 Å². The topological polar surface area (TPSA) is 112 Å². The third-order valence-electron chi connectivity index (χ3n) is 4.29. The van der Waals surface area contributed by atoms with E-state index < -0.39 is 22.1 Å². The molecule has 1 fully saturated rings. The maximum atomic E-state index is 12.9. The quantitative estimate of drug-likeness (QED) is 0.690. The number of carbonyl (C=O) groups is 1. The first-order valence-electron chi connectivity index (χ1n) is 8.93. The van der Waals surface area contributed by atoms with Crippen molar-refractivity contribution in [2.24, 2.45) is 0 Å². The summed E-state index contributed by atoms with van der Waals surface area (Å²) >= 11 is 0. The van der Waals surface area contributed by atoms with Gasteiger partial charge in [-0.3, -0.25) is 0 Å². The monoisotopic (exact) mass is 409 g/mol. The van der Waals surface area contributed by atoms with E-state index >= 15 is 0 Å². The molecule has 2 heterocycles. The first kappa shape index (κ1) is 20.4. The Hall–Kier alpha value is -2.30. The molecule has 0 spiro atoms. The molecule has 3 atom stereocenters. The Morgan fingerprint density at radius 2 is 1.82 bits per heavy atom. The van der Waals surface area contributed by atoms with Crippen LogP contribution in [-0.4, -0.2) is 54.1 Å². The highest BCUT2D eigenvalue weighted by Gasteiger charge is 2.32. The fourth-order valence-corrected chi connectivity index (χ4v) is 4.59. The second-order valence-corrected chi connectivity index (χ2v) is 8.77. The maximum Gasteiger partial charge on any atom is 0.338 e. The van der Waals surface area contributed by atoms with Crippen LogP contribution in [-0.2, 0) is 19.5 Å². The SMILES string of the molecule is Cc1noc(C(C)OC(=O)c2ccc(S(=O)(=O)N3CC(C)OC(C)C3)cc2)n1. The number of esters is 1. The average Bonchev–Trinajstić information content (AvgIpc) is 3.07. The molecule has 0 bridgehead atoms. The van der Waals surface area contributed by atoms with E-state index in [0.29, 0.717) is 5.82 Å². The van der Waals surface area contributed by atoms with E-state index in [9.17, 15) is 13.2 Å². The molecule has 3 rings (SSSR count). The van der Waals surface area contributed by atoms with Crippen LogP contribution in [0.5, 0.6) is 0 Å². The summed E-state index contributed by atoms with van der Waals surface area (Å²) in [4.78, 5) is 16.4. The van der Waals surface area contributed by atoms with Crippen LogP contribution in [0, 0.1) is 6.92 Å². The number of carbonyl (C=O) groups excluding carboxylic acids is 1. The van der Waals surface area contributed by atoms with Gasteiger partial charge in [0.1, 0.15) is 0 Å². The fraction of sp³-hybridized carbons (Fsp3) is 0.500. The molecular weight excluding hydrogens is 386 g/mol. The van der Waals surface area contributed by atoms with Crippen LogP contribution in [0.15, 0.2) is 33.7 Å². The van der Waals surface area contributed by atoms with E-state index in [2.05, 4.69) is 10.1 Å². The third-order valence-corrected chi connectivity index (χ3v) is 6.13. The zero-order valence-corrected chi connectivity index (χ0v) is 17.0. The van der Waals surface area contributed by atoms with Gasteiger partial charge in [-0.2, -0.15) is 9.29 Å². The van der Waals surface area contributed by atoms with Crippen molar-refractivity contribution in [2.45, 2.75) is 50.9 Å². The van der Waals surface area contributed by atoms with Gasteiger partial charge in [-0.1, -0.05) is 5.16 Å². The largest absolute Gasteiger partial charge is 0.449 e. The Balaban J connectivity index is 1.71. The number of aromatic nitrogens is 2. The summed E-state index contributed by atoms with van der Waals surface area (Å²) in [6, 6.07) is 5.65. The number of aryl methyl sites for hydroxylation is 1. The minimum Gasteiger partial charge on any atom is -0.449 e. The number of benzene rings is 1. The van der Waals surface area contributed by atoms with Crippen molar-refractivity contribution in [3.8, 4) is 0 Å². The minimum absolute atomic E-state index is 0.117. The number of hydrogen-bond acceptors (Lipinski definition) is 8. The summed E-state index contributed by atoms with van der Waals surface area (Å²) in [5.74, 6) is 0.0285. The summed E-state index contributed by atoms with van der Waals surface area (Å²) in [5.41, 5.74) is 0.228. The highest BCUT2D eigenvalue weighted by Crippen LogP contribution is 2.22. The van der Waals surface area contributed by atoms with Gasteiger partial charge in [0.25, 0.3) is 5.89 Å². The first-order chi connectivity index (χ1) is 13.2. The maximum absolute atomic E-state index is 12.9. The van der Waals surface area contributed by atoms with Crippen LogP contribution < -0.4 is 0 Å². The highest BCUT2D eigenvalue weighted by atomic mass is 32.2. The zero-order valence-electron chi connectivity index (χ0n) is 16.2. The summed E-state index contributed by atoms with van der Waals surface area (Å²) in [6.07, 6.45) is -1.07. The molecule has 0 aliphatic carbocycles. The molecule has 10 heteroatoms. The van der Waals surface area contributed by atoms with Crippen LogP contribution >= 0.6 is 0 Å². The number of sulfonamides is 1. The lowest BCUT2D eigenvalue weighted by molar-refractivity contribution is -0.0440. The Kier molecular flexibility index (Phi) is 5.82. The molecule has 1 saturated heterocycles. The van der Waals surface area contributed by atoms with E-state index in [1.165, 1.54) is 28.6 Å². The van der Waals surface area contributed by atoms with Gasteiger partial charge in [-0.15, -0.1) is 0 Å². The molecule has 3 unspecified atom stereocenters. The third kappa shape index (κ3) is 4.40. The van der Waals surface area contributed by atoms with Gasteiger partial charge in [0.05, 0.1) is 22.7 Å². The summed E-state index contributed by atoms with van der Waals surface area (Å²) in [7, 11) is -3.67. The van der Waals surface area contributed by atoms with Crippen LogP contribution in [0.4, 0.5) is 0 Å². The molecule has 152 valence electrons. The van der Waals surface area contributed by atoms with Crippen molar-refractivity contribution >= 4 is 16.0 Å². The van der Waals surface area contributed by atoms with Crippen molar-refractivity contribution in [2.75, 3.05) is 13.1 Å². The van der Waals surface area contributed by atoms with Gasteiger partial charge in [0.2, 0.25) is 10.0 Å². The number of rotatable bonds is 5. The lowest BCUT2D eigenvalue weighted by Crippen LogP contribution is -2.48. The van der Waals surface area contributed by atoms with Crippen molar-refractivity contribution in [1.82, 2.24) is 14.4 Å². The Labute approximate surface area is 163 Å². The lowest BCUT2D eigenvalue weighted by Gasteiger charge is -2.34. The number of morpholine rings is 1. The van der Waals surface area contributed by atoms with Crippen LogP contribution in [0.25, 0.3) is 0 Å². The highest BCUT2D eigenvalue weighted by molar-refractivity contribution is 7.89. The summed E-state index contributed by atoms with van der Waals surface area (Å²) in [5, 5.41) is 3.65.